The molecular formula is C64H124O6. The normalized spacial score (nSPS) is 12.4. The van der Waals surface area contributed by atoms with Crippen molar-refractivity contribution in [1.29, 1.82) is 0 Å². The Bertz CT molecular complexity index is 1070. The maximum atomic E-state index is 12.9. The number of ether oxygens (including phenoxy) is 3. The topological polar surface area (TPSA) is 78.9 Å². The van der Waals surface area contributed by atoms with Gasteiger partial charge in [0, 0.05) is 19.3 Å². The number of hydrogen-bond donors (Lipinski definition) is 0. The van der Waals surface area contributed by atoms with Crippen molar-refractivity contribution in [3.63, 3.8) is 0 Å². The van der Waals surface area contributed by atoms with Gasteiger partial charge in [-0.2, -0.15) is 0 Å². The van der Waals surface area contributed by atoms with Gasteiger partial charge in [-0.05, 0) is 31.1 Å². The molecule has 0 spiro atoms. The zero-order valence-corrected chi connectivity index (χ0v) is 48.2. The van der Waals surface area contributed by atoms with Gasteiger partial charge in [0.1, 0.15) is 13.2 Å². The molecule has 0 fully saturated rings. The van der Waals surface area contributed by atoms with Crippen LogP contribution < -0.4 is 0 Å². The molecule has 6 heteroatoms. The van der Waals surface area contributed by atoms with Gasteiger partial charge in [-0.3, -0.25) is 14.4 Å². The highest BCUT2D eigenvalue weighted by Crippen LogP contribution is 2.19. The predicted molar refractivity (Wildman–Crippen MR) is 303 cm³/mol. The third kappa shape index (κ3) is 55.7. The highest BCUT2D eigenvalue weighted by molar-refractivity contribution is 5.71. The van der Waals surface area contributed by atoms with E-state index in [0.717, 1.165) is 69.6 Å². The monoisotopic (exact) mass is 989 g/mol. The van der Waals surface area contributed by atoms with Crippen LogP contribution >= 0.6 is 0 Å². The largest absolute Gasteiger partial charge is 0.462 e. The molecule has 0 aromatic carbocycles. The van der Waals surface area contributed by atoms with E-state index in [1.54, 1.807) is 0 Å². The lowest BCUT2D eigenvalue weighted by Crippen LogP contribution is -2.30. The molecule has 416 valence electrons. The average Bonchev–Trinajstić information content (AvgIpc) is 3.35. The van der Waals surface area contributed by atoms with E-state index >= 15 is 0 Å². The molecule has 0 aliphatic rings. The fraction of sp³-hybridized carbons (Fsp3) is 0.953. The molecule has 0 amide bonds. The number of carbonyl (C=O) groups excluding carboxylic acids is 3. The van der Waals surface area contributed by atoms with Crippen molar-refractivity contribution in [3.8, 4) is 0 Å². The minimum atomic E-state index is -0.764. The standard InChI is InChI=1S/C64H124O6/c1-6-8-9-10-11-12-13-14-15-18-23-26-29-36-41-46-51-56-64(67)70-61(58-69-63(66)55-50-45-40-35-31-30-33-38-43-48-53-60(5)7-2)57-68-62(65)54-49-44-39-34-28-25-22-20-17-16-19-21-24-27-32-37-42-47-52-59(3)4/h59-61H,6-58H2,1-5H3/t60?,61-/m1/s1. The second-order valence-electron chi connectivity index (χ2n) is 22.8. The van der Waals surface area contributed by atoms with Crippen LogP contribution in [0.15, 0.2) is 0 Å². The second kappa shape index (κ2) is 56.7. The van der Waals surface area contributed by atoms with Gasteiger partial charge in [0.05, 0.1) is 0 Å². The molecule has 0 rings (SSSR count). The van der Waals surface area contributed by atoms with Crippen molar-refractivity contribution in [3.05, 3.63) is 0 Å². The first-order valence-corrected chi connectivity index (χ1v) is 31.8. The average molecular weight is 990 g/mol. The highest BCUT2D eigenvalue weighted by atomic mass is 16.6. The molecular weight excluding hydrogens is 865 g/mol. The summed E-state index contributed by atoms with van der Waals surface area (Å²) >= 11 is 0. The summed E-state index contributed by atoms with van der Waals surface area (Å²) < 4.78 is 17.0. The first kappa shape index (κ1) is 68.4. The van der Waals surface area contributed by atoms with Gasteiger partial charge < -0.3 is 14.2 Å². The van der Waals surface area contributed by atoms with E-state index in [2.05, 4.69) is 34.6 Å². The second-order valence-corrected chi connectivity index (χ2v) is 22.8. The third-order valence-corrected chi connectivity index (χ3v) is 15.1. The van der Waals surface area contributed by atoms with Crippen molar-refractivity contribution >= 4 is 17.9 Å². The van der Waals surface area contributed by atoms with Gasteiger partial charge in [-0.15, -0.1) is 0 Å². The van der Waals surface area contributed by atoms with Gasteiger partial charge >= 0.3 is 17.9 Å². The van der Waals surface area contributed by atoms with Crippen molar-refractivity contribution in [2.45, 2.75) is 368 Å². The minimum absolute atomic E-state index is 0.0621. The molecule has 0 N–H and O–H groups in total. The summed E-state index contributed by atoms with van der Waals surface area (Å²) in [6.07, 6.45) is 62.4. The molecule has 0 aliphatic heterocycles. The Labute approximate surface area is 438 Å². The van der Waals surface area contributed by atoms with Gasteiger partial charge in [0.15, 0.2) is 6.10 Å². The van der Waals surface area contributed by atoms with Gasteiger partial charge in [0.25, 0.3) is 0 Å². The number of hydrogen-bond acceptors (Lipinski definition) is 6. The van der Waals surface area contributed by atoms with Crippen LogP contribution in [0.2, 0.25) is 0 Å². The Balaban J connectivity index is 4.26. The van der Waals surface area contributed by atoms with Crippen LogP contribution in [0.25, 0.3) is 0 Å². The van der Waals surface area contributed by atoms with Crippen LogP contribution in [0.1, 0.15) is 362 Å². The summed E-state index contributed by atoms with van der Waals surface area (Å²) in [5.74, 6) is 0.896. The zero-order valence-electron chi connectivity index (χ0n) is 48.2. The molecule has 0 aliphatic carbocycles. The summed E-state index contributed by atoms with van der Waals surface area (Å²) in [4.78, 5) is 38.3. The lowest BCUT2D eigenvalue weighted by atomic mass is 9.99. The van der Waals surface area contributed by atoms with E-state index in [1.807, 2.05) is 0 Å². The van der Waals surface area contributed by atoms with Crippen LogP contribution in [0.4, 0.5) is 0 Å². The molecule has 0 bridgehead atoms. The Kier molecular flexibility index (Phi) is 55.4. The number of esters is 3. The number of carbonyl (C=O) groups is 3. The van der Waals surface area contributed by atoms with Crippen LogP contribution in [0, 0.1) is 11.8 Å². The molecule has 0 saturated heterocycles. The third-order valence-electron chi connectivity index (χ3n) is 15.1. The van der Waals surface area contributed by atoms with Crippen molar-refractivity contribution < 1.29 is 28.6 Å². The molecule has 0 saturated carbocycles. The van der Waals surface area contributed by atoms with E-state index in [-0.39, 0.29) is 31.1 Å². The van der Waals surface area contributed by atoms with E-state index < -0.39 is 6.10 Å². The van der Waals surface area contributed by atoms with Crippen molar-refractivity contribution in [1.82, 2.24) is 0 Å². The van der Waals surface area contributed by atoms with Gasteiger partial charge in [0.2, 0.25) is 0 Å². The maximum Gasteiger partial charge on any atom is 0.306 e. The SMILES string of the molecule is CCCCCCCCCCCCCCCCCCCC(=O)O[C@H](COC(=O)CCCCCCCCCCCCCCCCCCCCC(C)C)COC(=O)CCCCCCCCCCCCC(C)CC. The van der Waals surface area contributed by atoms with Crippen LogP contribution in [-0.2, 0) is 28.6 Å². The fourth-order valence-corrected chi connectivity index (χ4v) is 9.90. The summed E-state index contributed by atoms with van der Waals surface area (Å²) in [6.45, 7) is 11.5. The van der Waals surface area contributed by atoms with Crippen LogP contribution in [0.3, 0.4) is 0 Å². The van der Waals surface area contributed by atoms with E-state index in [4.69, 9.17) is 14.2 Å². The molecule has 1 unspecified atom stereocenters. The number of unbranched alkanes of at least 4 members (excludes halogenated alkanes) is 42. The zero-order chi connectivity index (χ0) is 51.1. The lowest BCUT2D eigenvalue weighted by molar-refractivity contribution is -0.167. The Morgan fingerprint density at radius 2 is 0.543 bits per heavy atom. The van der Waals surface area contributed by atoms with Crippen LogP contribution in [-0.4, -0.2) is 37.2 Å². The molecule has 70 heavy (non-hydrogen) atoms. The molecule has 0 heterocycles. The van der Waals surface area contributed by atoms with Gasteiger partial charge in [-0.25, -0.2) is 0 Å². The Morgan fingerprint density at radius 3 is 0.814 bits per heavy atom. The van der Waals surface area contributed by atoms with E-state index in [9.17, 15) is 14.4 Å². The quantitative estimate of drug-likeness (QED) is 0.0343. The predicted octanol–water partition coefficient (Wildman–Crippen LogP) is 21.2. The van der Waals surface area contributed by atoms with Crippen LogP contribution in [0.5, 0.6) is 0 Å². The highest BCUT2D eigenvalue weighted by Gasteiger charge is 2.19. The van der Waals surface area contributed by atoms with Crippen molar-refractivity contribution in [2.75, 3.05) is 13.2 Å². The van der Waals surface area contributed by atoms with E-state index in [0.29, 0.717) is 19.3 Å². The summed E-state index contributed by atoms with van der Waals surface area (Å²) in [5, 5.41) is 0. The molecule has 0 radical (unpaired) electrons. The summed E-state index contributed by atoms with van der Waals surface area (Å²) in [5.41, 5.74) is 0. The van der Waals surface area contributed by atoms with Gasteiger partial charge in [-0.1, -0.05) is 324 Å². The van der Waals surface area contributed by atoms with E-state index in [1.165, 1.54) is 250 Å². The lowest BCUT2D eigenvalue weighted by Gasteiger charge is -2.18. The fourth-order valence-electron chi connectivity index (χ4n) is 9.90. The first-order valence-electron chi connectivity index (χ1n) is 31.8. The Morgan fingerprint density at radius 1 is 0.300 bits per heavy atom. The summed E-state index contributed by atoms with van der Waals surface area (Å²) in [6, 6.07) is 0. The Hall–Kier alpha value is -1.59. The molecule has 2 atom stereocenters. The molecule has 0 aromatic rings. The minimum Gasteiger partial charge on any atom is -0.462 e. The number of rotatable bonds is 58. The molecule has 0 aromatic heterocycles. The first-order chi connectivity index (χ1) is 34.3. The molecule has 6 nitrogen and oxygen atoms in total. The van der Waals surface area contributed by atoms with Crippen molar-refractivity contribution in [2.24, 2.45) is 11.8 Å². The smallest absolute Gasteiger partial charge is 0.306 e. The maximum absolute atomic E-state index is 12.9. The summed E-state index contributed by atoms with van der Waals surface area (Å²) in [7, 11) is 0.